The minimum atomic E-state index is 0.490. The molecule has 0 fully saturated rings. The first-order valence-corrected chi connectivity index (χ1v) is 7.24. The van der Waals surface area contributed by atoms with Crippen LogP contribution in [0.15, 0.2) is 18.2 Å². The van der Waals surface area contributed by atoms with E-state index in [1.807, 2.05) is 12.1 Å². The summed E-state index contributed by atoms with van der Waals surface area (Å²) in [5.41, 5.74) is 2.48. The van der Waals surface area contributed by atoms with Crippen LogP contribution in [0.3, 0.4) is 0 Å². The van der Waals surface area contributed by atoms with Crippen LogP contribution in [-0.2, 0) is 6.54 Å². The number of nitrogens with zero attached hydrogens (tertiary/aromatic N) is 1. The summed E-state index contributed by atoms with van der Waals surface area (Å²) in [6.07, 6.45) is 1.14. The molecule has 1 N–H and O–H groups in total. The van der Waals surface area contributed by atoms with Crippen molar-refractivity contribution in [3.63, 3.8) is 0 Å². The zero-order valence-corrected chi connectivity index (χ0v) is 12.7. The fraction of sp³-hybridized carbons (Fsp3) is 0.600. The molecule has 0 aromatic heterocycles. The monoisotopic (exact) mass is 268 g/mol. The Morgan fingerprint density at radius 2 is 2.00 bits per heavy atom. The molecule has 0 aliphatic carbocycles. The molecule has 0 radical (unpaired) electrons. The molecule has 0 aliphatic heterocycles. The van der Waals surface area contributed by atoms with Crippen LogP contribution in [0.4, 0.5) is 5.69 Å². The third-order valence-electron chi connectivity index (χ3n) is 3.04. The molecule has 0 heterocycles. The van der Waals surface area contributed by atoms with Crippen LogP contribution >= 0.6 is 11.6 Å². The van der Waals surface area contributed by atoms with Gasteiger partial charge in [-0.15, -0.1) is 0 Å². The van der Waals surface area contributed by atoms with Gasteiger partial charge in [0.2, 0.25) is 0 Å². The fourth-order valence-electron chi connectivity index (χ4n) is 2.14. The Morgan fingerprint density at radius 1 is 1.28 bits per heavy atom. The predicted octanol–water partition coefficient (Wildman–Crippen LogP) is 4.07. The summed E-state index contributed by atoms with van der Waals surface area (Å²) in [6, 6.07) is 6.68. The maximum atomic E-state index is 6.35. The highest BCUT2D eigenvalue weighted by Crippen LogP contribution is 2.29. The zero-order valence-electron chi connectivity index (χ0n) is 12.0. The summed E-state index contributed by atoms with van der Waals surface area (Å²) >= 11 is 6.35. The molecule has 0 unspecified atom stereocenters. The Labute approximate surface area is 116 Å². The molecular formula is C15H25ClN2. The van der Waals surface area contributed by atoms with Crippen LogP contribution in [0.25, 0.3) is 0 Å². The number of halogens is 1. The van der Waals surface area contributed by atoms with E-state index in [0.717, 1.165) is 31.1 Å². The van der Waals surface area contributed by atoms with E-state index in [0.29, 0.717) is 6.04 Å². The topological polar surface area (TPSA) is 15.3 Å². The largest absolute Gasteiger partial charge is 0.369 e. The maximum Gasteiger partial charge on any atom is 0.0471 e. The molecular weight excluding hydrogens is 244 g/mol. The predicted molar refractivity (Wildman–Crippen MR) is 81.6 cm³/mol. The number of hydrogen-bond donors (Lipinski definition) is 1. The summed E-state index contributed by atoms with van der Waals surface area (Å²) < 4.78 is 0. The van der Waals surface area contributed by atoms with Gasteiger partial charge in [0.1, 0.15) is 0 Å². The summed E-state index contributed by atoms with van der Waals surface area (Å²) in [7, 11) is 0. The highest BCUT2D eigenvalue weighted by Gasteiger charge is 2.15. The van der Waals surface area contributed by atoms with Crippen molar-refractivity contribution in [2.24, 2.45) is 0 Å². The minimum absolute atomic E-state index is 0.490. The number of nitrogens with one attached hydrogen (secondary N) is 1. The van der Waals surface area contributed by atoms with E-state index in [-0.39, 0.29) is 0 Å². The Morgan fingerprint density at radius 3 is 2.56 bits per heavy atom. The van der Waals surface area contributed by atoms with Crippen LogP contribution in [-0.4, -0.2) is 19.1 Å². The lowest BCUT2D eigenvalue weighted by Crippen LogP contribution is -2.32. The first-order valence-electron chi connectivity index (χ1n) is 6.86. The van der Waals surface area contributed by atoms with Crippen LogP contribution in [0.1, 0.15) is 39.7 Å². The van der Waals surface area contributed by atoms with Crippen LogP contribution in [0.2, 0.25) is 5.02 Å². The molecule has 0 amide bonds. The second kappa shape index (κ2) is 7.65. The fourth-order valence-corrected chi connectivity index (χ4v) is 2.38. The van der Waals surface area contributed by atoms with E-state index in [1.165, 1.54) is 11.3 Å². The maximum absolute atomic E-state index is 6.35. The standard InChI is InChI=1S/C15H25ClN2/c1-5-10-18(12(3)4)15-9-7-8-14(16)13(15)11-17-6-2/h7-9,12,17H,5-6,10-11H2,1-4H3. The number of hydrogen-bond acceptors (Lipinski definition) is 2. The van der Waals surface area contributed by atoms with Gasteiger partial charge in [0.25, 0.3) is 0 Å². The van der Waals surface area contributed by atoms with Crippen molar-refractivity contribution in [1.29, 1.82) is 0 Å². The van der Waals surface area contributed by atoms with Gasteiger partial charge in [0.05, 0.1) is 0 Å². The summed E-state index contributed by atoms with van der Waals surface area (Å²) in [5.74, 6) is 0. The van der Waals surface area contributed by atoms with Crippen molar-refractivity contribution < 1.29 is 0 Å². The van der Waals surface area contributed by atoms with Crippen LogP contribution < -0.4 is 10.2 Å². The second-order valence-electron chi connectivity index (χ2n) is 4.80. The molecule has 0 atom stereocenters. The Bertz CT molecular complexity index is 364. The quantitative estimate of drug-likeness (QED) is 0.802. The summed E-state index contributed by atoms with van der Waals surface area (Å²) in [6.45, 7) is 11.6. The Balaban J connectivity index is 3.07. The molecule has 0 saturated heterocycles. The molecule has 1 aromatic carbocycles. The number of rotatable bonds is 7. The molecule has 102 valence electrons. The number of anilines is 1. The molecule has 0 saturated carbocycles. The van der Waals surface area contributed by atoms with E-state index < -0.39 is 0 Å². The van der Waals surface area contributed by atoms with E-state index in [9.17, 15) is 0 Å². The van der Waals surface area contributed by atoms with Crippen LogP contribution in [0.5, 0.6) is 0 Å². The van der Waals surface area contributed by atoms with Gasteiger partial charge >= 0.3 is 0 Å². The molecule has 1 aromatic rings. The van der Waals surface area contributed by atoms with Gasteiger partial charge < -0.3 is 10.2 Å². The lowest BCUT2D eigenvalue weighted by atomic mass is 10.1. The van der Waals surface area contributed by atoms with E-state index >= 15 is 0 Å². The third kappa shape index (κ3) is 3.89. The van der Waals surface area contributed by atoms with Crippen molar-refractivity contribution in [2.75, 3.05) is 18.0 Å². The molecule has 2 nitrogen and oxygen atoms in total. The van der Waals surface area contributed by atoms with E-state index in [4.69, 9.17) is 11.6 Å². The average Bonchev–Trinajstić information content (AvgIpc) is 2.34. The molecule has 1 rings (SSSR count). The van der Waals surface area contributed by atoms with E-state index in [1.54, 1.807) is 0 Å². The van der Waals surface area contributed by atoms with Crippen molar-refractivity contribution in [2.45, 2.75) is 46.7 Å². The molecule has 18 heavy (non-hydrogen) atoms. The molecule has 0 aliphatic rings. The first-order chi connectivity index (χ1) is 8.61. The lowest BCUT2D eigenvalue weighted by Gasteiger charge is -2.31. The Hall–Kier alpha value is -0.730. The van der Waals surface area contributed by atoms with Gasteiger partial charge in [-0.1, -0.05) is 31.5 Å². The van der Waals surface area contributed by atoms with Crippen molar-refractivity contribution in [3.8, 4) is 0 Å². The minimum Gasteiger partial charge on any atom is -0.369 e. The van der Waals surface area contributed by atoms with Crippen LogP contribution in [0, 0.1) is 0 Å². The highest BCUT2D eigenvalue weighted by molar-refractivity contribution is 6.31. The Kier molecular flexibility index (Phi) is 6.51. The summed E-state index contributed by atoms with van der Waals surface area (Å²) in [4.78, 5) is 2.43. The van der Waals surface area contributed by atoms with Gasteiger partial charge in [0.15, 0.2) is 0 Å². The van der Waals surface area contributed by atoms with Crippen molar-refractivity contribution >= 4 is 17.3 Å². The first kappa shape index (κ1) is 15.3. The smallest absolute Gasteiger partial charge is 0.0471 e. The highest BCUT2D eigenvalue weighted by atomic mass is 35.5. The normalized spacial score (nSPS) is 11.0. The molecule has 3 heteroatoms. The van der Waals surface area contributed by atoms with Gasteiger partial charge in [-0.3, -0.25) is 0 Å². The summed E-state index contributed by atoms with van der Waals surface area (Å²) in [5, 5.41) is 4.23. The van der Waals surface area contributed by atoms with Gasteiger partial charge in [-0.2, -0.15) is 0 Å². The molecule has 0 spiro atoms. The third-order valence-corrected chi connectivity index (χ3v) is 3.40. The van der Waals surface area contributed by atoms with Crippen molar-refractivity contribution in [3.05, 3.63) is 28.8 Å². The number of benzene rings is 1. The SMILES string of the molecule is CCCN(c1cccc(Cl)c1CNCC)C(C)C. The van der Waals surface area contributed by atoms with Gasteiger partial charge in [-0.25, -0.2) is 0 Å². The zero-order chi connectivity index (χ0) is 13.5. The second-order valence-corrected chi connectivity index (χ2v) is 5.21. The lowest BCUT2D eigenvalue weighted by molar-refractivity contribution is 0.659. The van der Waals surface area contributed by atoms with Gasteiger partial charge in [-0.05, 0) is 38.9 Å². The van der Waals surface area contributed by atoms with E-state index in [2.05, 4.69) is 44.0 Å². The van der Waals surface area contributed by atoms with Crippen molar-refractivity contribution in [1.82, 2.24) is 5.32 Å². The average molecular weight is 269 g/mol. The molecule has 0 bridgehead atoms. The van der Waals surface area contributed by atoms with Gasteiger partial charge in [0, 0.05) is 35.4 Å².